The van der Waals surface area contributed by atoms with Crippen LogP contribution in [0.5, 0.6) is 0 Å². The zero-order valence-corrected chi connectivity index (χ0v) is 16.9. The standard InChI is InChI=1S/C23H20BrNO3/c24-21-10-9-20(18-3-1-2-4-19(18)21)22(26)25-13-11-16(12-14-25)15-5-7-17(8-6-15)23(27)28/h1-10,16H,11-14H2,(H,27,28). The second-order valence-corrected chi connectivity index (χ2v) is 7.99. The van der Waals surface area contributed by atoms with E-state index in [1.54, 1.807) is 12.1 Å². The zero-order chi connectivity index (χ0) is 19.7. The average molecular weight is 438 g/mol. The van der Waals surface area contributed by atoms with Crippen LogP contribution in [0.15, 0.2) is 65.1 Å². The molecular formula is C23H20BrNO3. The second kappa shape index (κ2) is 7.76. The molecule has 142 valence electrons. The lowest BCUT2D eigenvalue weighted by Crippen LogP contribution is -2.38. The van der Waals surface area contributed by atoms with Crippen molar-refractivity contribution in [3.8, 4) is 0 Å². The summed E-state index contributed by atoms with van der Waals surface area (Å²) in [6.45, 7) is 1.41. The Kier molecular flexibility index (Phi) is 5.18. The van der Waals surface area contributed by atoms with Gasteiger partial charge in [0.15, 0.2) is 0 Å². The number of carboxylic acid groups (broad SMARTS) is 1. The van der Waals surface area contributed by atoms with E-state index in [4.69, 9.17) is 5.11 Å². The van der Waals surface area contributed by atoms with Crippen molar-refractivity contribution >= 4 is 38.6 Å². The van der Waals surface area contributed by atoms with Crippen LogP contribution in [-0.2, 0) is 0 Å². The number of halogens is 1. The third-order valence-corrected chi connectivity index (χ3v) is 6.20. The van der Waals surface area contributed by atoms with Gasteiger partial charge < -0.3 is 10.0 Å². The molecule has 28 heavy (non-hydrogen) atoms. The highest BCUT2D eigenvalue weighted by atomic mass is 79.9. The van der Waals surface area contributed by atoms with E-state index < -0.39 is 5.97 Å². The third-order valence-electron chi connectivity index (χ3n) is 5.51. The molecule has 4 nitrogen and oxygen atoms in total. The molecule has 0 saturated carbocycles. The smallest absolute Gasteiger partial charge is 0.335 e. The van der Waals surface area contributed by atoms with Crippen molar-refractivity contribution in [2.24, 2.45) is 0 Å². The number of carbonyl (C=O) groups excluding carboxylic acids is 1. The molecule has 1 aliphatic heterocycles. The molecule has 1 aliphatic rings. The van der Waals surface area contributed by atoms with Gasteiger partial charge in [0.2, 0.25) is 0 Å². The summed E-state index contributed by atoms with van der Waals surface area (Å²) < 4.78 is 0.989. The number of rotatable bonds is 3. The van der Waals surface area contributed by atoms with Crippen molar-refractivity contribution in [1.29, 1.82) is 0 Å². The van der Waals surface area contributed by atoms with Crippen LogP contribution in [0.3, 0.4) is 0 Å². The van der Waals surface area contributed by atoms with Crippen molar-refractivity contribution < 1.29 is 14.7 Å². The van der Waals surface area contributed by atoms with Gasteiger partial charge in [-0.3, -0.25) is 4.79 Å². The van der Waals surface area contributed by atoms with E-state index >= 15 is 0 Å². The Bertz CT molecular complexity index is 1040. The van der Waals surface area contributed by atoms with E-state index in [2.05, 4.69) is 15.9 Å². The molecule has 0 spiro atoms. The molecule has 3 aromatic carbocycles. The molecule has 1 amide bonds. The van der Waals surface area contributed by atoms with Crippen molar-refractivity contribution in [2.45, 2.75) is 18.8 Å². The number of aromatic carboxylic acids is 1. The van der Waals surface area contributed by atoms with Crippen LogP contribution >= 0.6 is 15.9 Å². The van der Waals surface area contributed by atoms with E-state index in [-0.39, 0.29) is 5.91 Å². The molecule has 0 unspecified atom stereocenters. The summed E-state index contributed by atoms with van der Waals surface area (Å²) in [6, 6.07) is 18.9. The molecule has 0 aromatic heterocycles. The van der Waals surface area contributed by atoms with Gasteiger partial charge in [-0.05, 0) is 59.4 Å². The molecule has 4 rings (SSSR count). The molecule has 5 heteroatoms. The lowest BCUT2D eigenvalue weighted by Gasteiger charge is -2.32. The fourth-order valence-electron chi connectivity index (χ4n) is 3.93. The summed E-state index contributed by atoms with van der Waals surface area (Å²) in [7, 11) is 0. The van der Waals surface area contributed by atoms with Crippen molar-refractivity contribution in [2.75, 3.05) is 13.1 Å². The summed E-state index contributed by atoms with van der Waals surface area (Å²) in [4.78, 5) is 26.1. The summed E-state index contributed by atoms with van der Waals surface area (Å²) in [5, 5.41) is 11.0. The van der Waals surface area contributed by atoms with Crippen LogP contribution in [-0.4, -0.2) is 35.0 Å². The molecule has 0 atom stereocenters. The Morgan fingerprint density at radius 2 is 1.54 bits per heavy atom. The minimum Gasteiger partial charge on any atom is -0.478 e. The number of carbonyl (C=O) groups is 2. The van der Waals surface area contributed by atoms with Gasteiger partial charge in [-0.25, -0.2) is 4.79 Å². The monoisotopic (exact) mass is 437 g/mol. The van der Waals surface area contributed by atoms with Crippen molar-refractivity contribution in [1.82, 2.24) is 4.90 Å². The number of hydrogen-bond acceptors (Lipinski definition) is 2. The second-order valence-electron chi connectivity index (χ2n) is 7.13. The van der Waals surface area contributed by atoms with Crippen LogP contribution in [0.2, 0.25) is 0 Å². The summed E-state index contributed by atoms with van der Waals surface area (Å²) in [5.41, 5.74) is 2.19. The molecule has 1 N–H and O–H groups in total. The van der Waals surface area contributed by atoms with Crippen LogP contribution in [0, 0.1) is 0 Å². The Morgan fingerprint density at radius 1 is 0.893 bits per heavy atom. The van der Waals surface area contributed by atoms with Gasteiger partial charge in [0.05, 0.1) is 5.56 Å². The molecule has 1 saturated heterocycles. The Morgan fingerprint density at radius 3 is 2.18 bits per heavy atom. The minimum atomic E-state index is -0.909. The predicted molar refractivity (Wildman–Crippen MR) is 113 cm³/mol. The number of nitrogens with zero attached hydrogens (tertiary/aromatic N) is 1. The van der Waals surface area contributed by atoms with Gasteiger partial charge in [-0.15, -0.1) is 0 Å². The van der Waals surface area contributed by atoms with Gasteiger partial charge in [0.25, 0.3) is 5.91 Å². The highest BCUT2D eigenvalue weighted by Crippen LogP contribution is 2.31. The molecule has 3 aromatic rings. The summed E-state index contributed by atoms with van der Waals surface area (Å²) in [6.07, 6.45) is 1.76. The Labute approximate surface area is 171 Å². The van der Waals surface area contributed by atoms with Gasteiger partial charge in [-0.1, -0.05) is 52.3 Å². The van der Waals surface area contributed by atoms with Gasteiger partial charge in [-0.2, -0.15) is 0 Å². The van der Waals surface area contributed by atoms with Gasteiger partial charge in [0, 0.05) is 23.1 Å². The molecule has 1 fully saturated rings. The zero-order valence-electron chi connectivity index (χ0n) is 15.3. The fourth-order valence-corrected chi connectivity index (χ4v) is 4.41. The molecule has 0 bridgehead atoms. The maximum atomic E-state index is 13.1. The minimum absolute atomic E-state index is 0.0726. The maximum absolute atomic E-state index is 13.1. The SMILES string of the molecule is O=C(O)c1ccc(C2CCN(C(=O)c3ccc(Br)c4ccccc34)CC2)cc1. The number of likely N-dealkylation sites (tertiary alicyclic amines) is 1. The number of fused-ring (bicyclic) bond motifs is 1. The first-order valence-corrected chi connectivity index (χ1v) is 10.1. The van der Waals surface area contributed by atoms with Gasteiger partial charge >= 0.3 is 5.97 Å². The van der Waals surface area contributed by atoms with E-state index in [1.165, 1.54) is 0 Å². The highest BCUT2D eigenvalue weighted by molar-refractivity contribution is 9.10. The normalized spacial score (nSPS) is 15.0. The first-order chi connectivity index (χ1) is 13.5. The lowest BCUT2D eigenvalue weighted by molar-refractivity contribution is 0.0692. The first-order valence-electron chi connectivity index (χ1n) is 9.34. The first kappa shape index (κ1) is 18.7. The largest absolute Gasteiger partial charge is 0.478 e. The van der Waals surface area contributed by atoms with E-state index in [1.807, 2.05) is 53.4 Å². The average Bonchev–Trinajstić information content (AvgIpc) is 2.74. The van der Waals surface area contributed by atoms with E-state index in [0.717, 1.165) is 39.2 Å². The van der Waals surface area contributed by atoms with Crippen LogP contribution in [0.25, 0.3) is 10.8 Å². The van der Waals surface area contributed by atoms with E-state index in [9.17, 15) is 9.59 Å². The third kappa shape index (κ3) is 3.54. The summed E-state index contributed by atoms with van der Waals surface area (Å²) >= 11 is 3.56. The maximum Gasteiger partial charge on any atom is 0.335 e. The topological polar surface area (TPSA) is 57.6 Å². The Hall–Kier alpha value is -2.66. The number of piperidine rings is 1. The van der Waals surface area contributed by atoms with E-state index in [0.29, 0.717) is 24.6 Å². The Balaban J connectivity index is 1.49. The summed E-state index contributed by atoms with van der Waals surface area (Å²) in [5.74, 6) is -0.481. The molecule has 0 aliphatic carbocycles. The molecular weight excluding hydrogens is 418 g/mol. The van der Waals surface area contributed by atoms with Crippen molar-refractivity contribution in [3.63, 3.8) is 0 Å². The van der Waals surface area contributed by atoms with Crippen LogP contribution in [0.1, 0.15) is 45.0 Å². The number of amides is 1. The molecule has 1 heterocycles. The fraction of sp³-hybridized carbons (Fsp3) is 0.217. The van der Waals surface area contributed by atoms with Crippen LogP contribution in [0.4, 0.5) is 0 Å². The predicted octanol–water partition coefficient (Wildman–Crippen LogP) is 5.32. The quantitative estimate of drug-likeness (QED) is 0.602. The van der Waals surface area contributed by atoms with Crippen LogP contribution < -0.4 is 0 Å². The van der Waals surface area contributed by atoms with Crippen molar-refractivity contribution in [3.05, 3.63) is 81.8 Å². The molecule has 0 radical (unpaired) electrons. The number of hydrogen-bond donors (Lipinski definition) is 1. The lowest BCUT2D eigenvalue weighted by atomic mass is 9.88. The number of benzene rings is 3. The van der Waals surface area contributed by atoms with Gasteiger partial charge in [0.1, 0.15) is 0 Å². The highest BCUT2D eigenvalue weighted by Gasteiger charge is 2.25. The number of carboxylic acids is 1.